The van der Waals surface area contributed by atoms with Crippen LogP contribution in [0.2, 0.25) is 0 Å². The van der Waals surface area contributed by atoms with Crippen LogP contribution >= 0.6 is 0 Å². The van der Waals surface area contributed by atoms with E-state index in [0.29, 0.717) is 17.3 Å². The van der Waals surface area contributed by atoms with Gasteiger partial charge in [-0.25, -0.2) is 9.37 Å². The van der Waals surface area contributed by atoms with E-state index in [1.165, 1.54) is 12.1 Å². The summed E-state index contributed by atoms with van der Waals surface area (Å²) < 4.78 is 13.6. The first-order chi connectivity index (χ1) is 13.1. The number of nitrogens with zero attached hydrogens (tertiary/aromatic N) is 2. The first-order valence-electron chi connectivity index (χ1n) is 9.32. The van der Waals surface area contributed by atoms with Gasteiger partial charge in [-0.15, -0.1) is 0 Å². The normalized spacial score (nSPS) is 15.1. The lowest BCUT2D eigenvalue weighted by molar-refractivity contribution is 0.0691. The third-order valence-electron chi connectivity index (χ3n) is 5.11. The van der Waals surface area contributed by atoms with Crippen molar-refractivity contribution < 1.29 is 9.18 Å². The van der Waals surface area contributed by atoms with Gasteiger partial charge in [0.05, 0.1) is 11.2 Å². The number of nitrogens with one attached hydrogen (secondary N) is 1. The summed E-state index contributed by atoms with van der Waals surface area (Å²) in [7, 11) is 0. The van der Waals surface area contributed by atoms with Crippen LogP contribution in [0.3, 0.4) is 0 Å². The van der Waals surface area contributed by atoms with E-state index >= 15 is 0 Å². The van der Waals surface area contributed by atoms with Crippen molar-refractivity contribution >= 4 is 28.2 Å². The predicted octanol–water partition coefficient (Wildman–Crippen LogP) is 4.99. The van der Waals surface area contributed by atoms with Crippen molar-refractivity contribution in [3.63, 3.8) is 0 Å². The summed E-state index contributed by atoms with van der Waals surface area (Å²) >= 11 is 0. The van der Waals surface area contributed by atoms with Crippen molar-refractivity contribution in [2.75, 3.05) is 18.4 Å². The van der Waals surface area contributed by atoms with E-state index in [2.05, 4.69) is 17.2 Å². The van der Waals surface area contributed by atoms with E-state index in [9.17, 15) is 9.18 Å². The molecule has 2 heterocycles. The zero-order valence-corrected chi connectivity index (χ0v) is 15.3. The zero-order chi connectivity index (χ0) is 18.8. The molecule has 0 aliphatic carbocycles. The number of amides is 1. The molecule has 0 bridgehead atoms. The SMILES string of the molecule is CC1CCN(C(=O)c2cc(Nc3cccc(F)c3)c3ccccc3n2)CC1. The maximum atomic E-state index is 13.6. The van der Waals surface area contributed by atoms with Crippen molar-refractivity contribution in [1.29, 1.82) is 0 Å². The van der Waals surface area contributed by atoms with E-state index < -0.39 is 0 Å². The average Bonchev–Trinajstić information content (AvgIpc) is 2.68. The first-order valence-corrected chi connectivity index (χ1v) is 9.32. The third-order valence-corrected chi connectivity index (χ3v) is 5.11. The van der Waals surface area contributed by atoms with Gasteiger partial charge < -0.3 is 10.2 Å². The summed E-state index contributed by atoms with van der Waals surface area (Å²) in [5.74, 6) is 0.302. The minimum atomic E-state index is -0.308. The minimum absolute atomic E-state index is 0.0463. The molecule has 1 aliphatic heterocycles. The quantitative estimate of drug-likeness (QED) is 0.713. The monoisotopic (exact) mass is 363 g/mol. The molecule has 0 radical (unpaired) electrons. The molecule has 1 aliphatic rings. The Balaban J connectivity index is 1.71. The van der Waals surface area contributed by atoms with Crippen molar-refractivity contribution in [2.45, 2.75) is 19.8 Å². The minimum Gasteiger partial charge on any atom is -0.355 e. The second-order valence-corrected chi connectivity index (χ2v) is 7.18. The standard InChI is InChI=1S/C22H22FN3O/c1-15-9-11-26(12-10-15)22(27)21-14-20(18-7-2-3-8-19(18)25-21)24-17-6-4-5-16(23)13-17/h2-8,13-15H,9-12H2,1H3,(H,24,25). The highest BCUT2D eigenvalue weighted by Crippen LogP contribution is 2.28. The Kier molecular flexibility index (Phi) is 4.75. The Hall–Kier alpha value is -2.95. The van der Waals surface area contributed by atoms with Crippen LogP contribution in [-0.2, 0) is 0 Å². The van der Waals surface area contributed by atoms with Crippen LogP contribution in [0.25, 0.3) is 10.9 Å². The largest absolute Gasteiger partial charge is 0.355 e. The fourth-order valence-corrected chi connectivity index (χ4v) is 3.48. The van der Waals surface area contributed by atoms with Crippen LogP contribution in [0.5, 0.6) is 0 Å². The number of rotatable bonds is 3. The molecule has 1 saturated heterocycles. The van der Waals surface area contributed by atoms with Crippen molar-refractivity contribution in [3.8, 4) is 0 Å². The molecular formula is C22H22FN3O. The molecule has 138 valence electrons. The number of pyridine rings is 1. The van der Waals surface area contributed by atoms with E-state index in [1.807, 2.05) is 29.2 Å². The van der Waals surface area contributed by atoms with Crippen LogP contribution in [-0.4, -0.2) is 28.9 Å². The molecule has 3 aromatic rings. The highest BCUT2D eigenvalue weighted by Gasteiger charge is 2.23. The van der Waals surface area contributed by atoms with Gasteiger partial charge in [0.2, 0.25) is 0 Å². The Labute approximate surface area is 158 Å². The van der Waals surface area contributed by atoms with Gasteiger partial charge in [-0.05, 0) is 49.1 Å². The summed E-state index contributed by atoms with van der Waals surface area (Å²) in [5, 5.41) is 4.14. The maximum Gasteiger partial charge on any atom is 0.272 e. The Bertz CT molecular complexity index is 980. The number of aromatic nitrogens is 1. The molecule has 1 N–H and O–H groups in total. The fraction of sp³-hybridized carbons (Fsp3) is 0.273. The lowest BCUT2D eigenvalue weighted by atomic mass is 9.99. The van der Waals surface area contributed by atoms with Crippen LogP contribution in [0.15, 0.2) is 54.6 Å². The van der Waals surface area contributed by atoms with Gasteiger partial charge in [0, 0.05) is 24.2 Å². The van der Waals surface area contributed by atoms with Crippen LogP contribution in [0, 0.1) is 11.7 Å². The van der Waals surface area contributed by atoms with Crippen molar-refractivity contribution in [3.05, 3.63) is 66.1 Å². The van der Waals surface area contributed by atoms with Gasteiger partial charge in [-0.1, -0.05) is 31.2 Å². The van der Waals surface area contributed by atoms with Gasteiger partial charge >= 0.3 is 0 Å². The summed E-state index contributed by atoms with van der Waals surface area (Å²) in [5.41, 5.74) is 2.55. The summed E-state index contributed by atoms with van der Waals surface area (Å²) in [6.07, 6.45) is 2.04. The second kappa shape index (κ2) is 7.35. The number of piperidine rings is 1. The molecule has 5 heteroatoms. The molecule has 27 heavy (non-hydrogen) atoms. The fourth-order valence-electron chi connectivity index (χ4n) is 3.48. The van der Waals surface area contributed by atoms with Crippen LogP contribution in [0.4, 0.5) is 15.8 Å². The molecule has 1 aromatic heterocycles. The first kappa shape index (κ1) is 17.5. The second-order valence-electron chi connectivity index (χ2n) is 7.18. The van der Waals surface area contributed by atoms with E-state index in [4.69, 9.17) is 0 Å². The number of hydrogen-bond donors (Lipinski definition) is 1. The molecule has 1 amide bonds. The Morgan fingerprint density at radius 2 is 1.89 bits per heavy atom. The highest BCUT2D eigenvalue weighted by atomic mass is 19.1. The van der Waals surface area contributed by atoms with Crippen molar-refractivity contribution in [2.24, 2.45) is 5.92 Å². The molecule has 0 unspecified atom stereocenters. The topological polar surface area (TPSA) is 45.2 Å². The number of halogens is 1. The average molecular weight is 363 g/mol. The molecule has 4 rings (SSSR count). The smallest absolute Gasteiger partial charge is 0.272 e. The Morgan fingerprint density at radius 1 is 1.11 bits per heavy atom. The number of hydrogen-bond acceptors (Lipinski definition) is 3. The Morgan fingerprint density at radius 3 is 2.67 bits per heavy atom. The van der Waals surface area contributed by atoms with Gasteiger partial charge in [-0.3, -0.25) is 4.79 Å². The number of fused-ring (bicyclic) bond motifs is 1. The van der Waals surface area contributed by atoms with Gasteiger partial charge in [0.25, 0.3) is 5.91 Å². The number of likely N-dealkylation sites (tertiary alicyclic amines) is 1. The van der Waals surface area contributed by atoms with Gasteiger partial charge in [-0.2, -0.15) is 0 Å². The van der Waals surface area contributed by atoms with Gasteiger partial charge in [0.15, 0.2) is 0 Å². The van der Waals surface area contributed by atoms with Crippen molar-refractivity contribution in [1.82, 2.24) is 9.88 Å². The molecule has 0 spiro atoms. The van der Waals surface area contributed by atoms with Gasteiger partial charge in [0.1, 0.15) is 11.5 Å². The number of carbonyl (C=O) groups excluding carboxylic acids is 1. The predicted molar refractivity (Wildman–Crippen MR) is 106 cm³/mol. The third kappa shape index (κ3) is 3.77. The van der Waals surface area contributed by atoms with E-state index in [0.717, 1.165) is 42.5 Å². The number of benzene rings is 2. The number of anilines is 2. The molecular weight excluding hydrogens is 341 g/mol. The summed E-state index contributed by atoms with van der Waals surface area (Å²) in [4.78, 5) is 19.4. The zero-order valence-electron chi connectivity index (χ0n) is 15.3. The van der Waals surface area contributed by atoms with Crippen LogP contribution < -0.4 is 5.32 Å². The molecule has 0 atom stereocenters. The molecule has 4 nitrogen and oxygen atoms in total. The molecule has 0 saturated carbocycles. The highest BCUT2D eigenvalue weighted by molar-refractivity contribution is 6.00. The maximum absolute atomic E-state index is 13.6. The number of carbonyl (C=O) groups is 1. The molecule has 1 fully saturated rings. The summed E-state index contributed by atoms with van der Waals surface area (Å²) in [6.45, 7) is 3.75. The van der Waals surface area contributed by atoms with E-state index in [-0.39, 0.29) is 11.7 Å². The lowest BCUT2D eigenvalue weighted by Gasteiger charge is -2.30. The van der Waals surface area contributed by atoms with Crippen LogP contribution in [0.1, 0.15) is 30.3 Å². The molecule has 2 aromatic carbocycles. The van der Waals surface area contributed by atoms with E-state index in [1.54, 1.807) is 18.2 Å². The number of para-hydroxylation sites is 1. The lowest BCUT2D eigenvalue weighted by Crippen LogP contribution is -2.38. The summed E-state index contributed by atoms with van der Waals surface area (Å²) in [6, 6.07) is 15.7.